The van der Waals surface area contributed by atoms with Gasteiger partial charge in [0.15, 0.2) is 5.82 Å². The molecule has 32 heavy (non-hydrogen) atoms. The molecule has 2 N–H and O–H groups in total. The largest absolute Gasteiger partial charge is 0.396 e. The minimum absolute atomic E-state index is 0.0833. The van der Waals surface area contributed by atoms with Gasteiger partial charge in [-0.25, -0.2) is 4.68 Å². The van der Waals surface area contributed by atoms with Gasteiger partial charge in [0.05, 0.1) is 17.1 Å². The topological polar surface area (TPSA) is 99.9 Å². The van der Waals surface area contributed by atoms with Crippen LogP contribution in [0.4, 0.5) is 0 Å². The van der Waals surface area contributed by atoms with Crippen molar-refractivity contribution in [2.75, 3.05) is 13.2 Å². The number of aliphatic hydroxyl groups excluding tert-OH is 1. The molecule has 2 heterocycles. The zero-order valence-electron chi connectivity index (χ0n) is 20.1. The van der Waals surface area contributed by atoms with Crippen molar-refractivity contribution in [1.29, 1.82) is 0 Å². The number of para-hydroxylation sites is 1. The second-order valence-corrected chi connectivity index (χ2v) is 9.51. The molecule has 8 nitrogen and oxygen atoms in total. The fourth-order valence-corrected chi connectivity index (χ4v) is 4.20. The number of nitrogens with zero attached hydrogens (tertiary/aromatic N) is 5. The average Bonchev–Trinajstić information content (AvgIpc) is 3.23. The highest BCUT2D eigenvalue weighted by molar-refractivity contribution is 5.81. The molecule has 0 fully saturated rings. The van der Waals surface area contributed by atoms with Gasteiger partial charge in [0.25, 0.3) is 5.56 Å². The summed E-state index contributed by atoms with van der Waals surface area (Å²) in [5, 5.41) is 23.3. The van der Waals surface area contributed by atoms with Crippen molar-refractivity contribution in [2.45, 2.75) is 72.5 Å². The van der Waals surface area contributed by atoms with Crippen LogP contribution >= 0.6 is 0 Å². The number of hydrogen-bond donors (Lipinski definition) is 2. The molecule has 8 heteroatoms. The molecule has 0 aliphatic heterocycles. The van der Waals surface area contributed by atoms with Crippen LogP contribution in [0.3, 0.4) is 0 Å². The van der Waals surface area contributed by atoms with Gasteiger partial charge < -0.3 is 10.1 Å². The lowest BCUT2D eigenvalue weighted by atomic mass is 9.97. The second kappa shape index (κ2) is 9.92. The van der Waals surface area contributed by atoms with E-state index in [9.17, 15) is 9.90 Å². The second-order valence-electron chi connectivity index (χ2n) is 9.51. The zero-order chi connectivity index (χ0) is 23.5. The van der Waals surface area contributed by atoms with E-state index in [0.717, 1.165) is 28.7 Å². The third kappa shape index (κ3) is 4.91. The Bertz CT molecular complexity index is 1100. The maximum Gasteiger partial charge on any atom is 0.252 e. The molecule has 3 rings (SSSR count). The van der Waals surface area contributed by atoms with Gasteiger partial charge in [-0.05, 0) is 67.0 Å². The minimum Gasteiger partial charge on any atom is -0.396 e. The molecule has 1 atom stereocenters. The SMILES string of the molecule is CCC(C)(C)n1nnnc1[C@H](C(C)C)N(CCCO)Cc1cc2cccc(C)c2[nH]c1=O. The van der Waals surface area contributed by atoms with Crippen LogP contribution in [0.25, 0.3) is 10.9 Å². The third-order valence-corrected chi connectivity index (χ3v) is 6.36. The number of rotatable bonds is 10. The fraction of sp³-hybridized carbons (Fsp3) is 0.583. The number of fused-ring (bicyclic) bond motifs is 1. The quantitative estimate of drug-likeness (QED) is 0.500. The standard InChI is InChI=1S/C24H36N6O2/c1-7-24(5,6)30-22(26-27-28-30)21(16(2)3)29(12-9-13-31)15-19-14-18-11-8-10-17(4)20(18)25-23(19)32/h8,10-11,14,16,21,31H,7,9,12-13,15H2,1-6H3,(H,25,32)/t21-/m0/s1. The summed E-state index contributed by atoms with van der Waals surface area (Å²) in [6, 6.07) is 7.89. The Hall–Kier alpha value is -2.58. The van der Waals surface area contributed by atoms with Crippen molar-refractivity contribution in [3.05, 3.63) is 51.6 Å². The van der Waals surface area contributed by atoms with Crippen molar-refractivity contribution in [1.82, 2.24) is 30.1 Å². The first-order chi connectivity index (χ1) is 15.2. The number of nitrogens with one attached hydrogen (secondary N) is 1. The van der Waals surface area contributed by atoms with Gasteiger partial charge in [0.2, 0.25) is 0 Å². The van der Waals surface area contributed by atoms with E-state index in [0.29, 0.717) is 25.1 Å². The smallest absolute Gasteiger partial charge is 0.252 e. The first kappa shape index (κ1) is 24.1. The first-order valence-electron chi connectivity index (χ1n) is 11.4. The minimum atomic E-state index is -0.230. The average molecular weight is 441 g/mol. The Morgan fingerprint density at radius 2 is 2.03 bits per heavy atom. The van der Waals surface area contributed by atoms with E-state index in [1.54, 1.807) is 0 Å². The molecule has 0 bridgehead atoms. The summed E-state index contributed by atoms with van der Waals surface area (Å²) in [5.41, 5.74) is 2.30. The predicted octanol–water partition coefficient (Wildman–Crippen LogP) is 3.55. The Morgan fingerprint density at radius 1 is 1.28 bits per heavy atom. The number of pyridine rings is 1. The molecule has 0 aliphatic rings. The monoisotopic (exact) mass is 440 g/mol. The number of aromatic amines is 1. The van der Waals surface area contributed by atoms with Gasteiger partial charge in [-0.15, -0.1) is 5.10 Å². The highest BCUT2D eigenvalue weighted by Gasteiger charge is 2.33. The normalized spacial score (nSPS) is 13.4. The van der Waals surface area contributed by atoms with Crippen LogP contribution in [0.1, 0.15) is 70.5 Å². The van der Waals surface area contributed by atoms with E-state index in [1.165, 1.54) is 0 Å². The first-order valence-corrected chi connectivity index (χ1v) is 11.4. The molecule has 3 aromatic rings. The lowest BCUT2D eigenvalue weighted by Gasteiger charge is -2.35. The molecule has 0 unspecified atom stereocenters. The molecule has 0 radical (unpaired) electrons. The number of aliphatic hydroxyl groups is 1. The van der Waals surface area contributed by atoms with Crippen molar-refractivity contribution >= 4 is 10.9 Å². The highest BCUT2D eigenvalue weighted by atomic mass is 16.3. The number of aryl methyl sites for hydroxylation is 1. The van der Waals surface area contributed by atoms with E-state index in [2.05, 4.69) is 60.0 Å². The lowest BCUT2D eigenvalue weighted by Crippen LogP contribution is -2.39. The van der Waals surface area contributed by atoms with Gasteiger partial charge in [0, 0.05) is 25.3 Å². The van der Waals surface area contributed by atoms with Crippen LogP contribution in [0.2, 0.25) is 0 Å². The number of tetrazole rings is 1. The van der Waals surface area contributed by atoms with Crippen molar-refractivity contribution in [2.24, 2.45) is 5.92 Å². The Labute approximate surface area is 189 Å². The summed E-state index contributed by atoms with van der Waals surface area (Å²) in [6.45, 7) is 13.8. The predicted molar refractivity (Wildman–Crippen MR) is 126 cm³/mol. The van der Waals surface area contributed by atoms with Crippen molar-refractivity contribution in [3.8, 4) is 0 Å². The Balaban J connectivity index is 2.05. The van der Waals surface area contributed by atoms with Gasteiger partial charge >= 0.3 is 0 Å². The van der Waals surface area contributed by atoms with E-state index < -0.39 is 0 Å². The molecule has 174 valence electrons. The van der Waals surface area contributed by atoms with E-state index in [-0.39, 0.29) is 29.7 Å². The summed E-state index contributed by atoms with van der Waals surface area (Å²) in [4.78, 5) is 18.3. The van der Waals surface area contributed by atoms with Gasteiger partial charge in [0.1, 0.15) is 0 Å². The molecule has 0 aliphatic carbocycles. The van der Waals surface area contributed by atoms with E-state index >= 15 is 0 Å². The molecular weight excluding hydrogens is 404 g/mol. The zero-order valence-corrected chi connectivity index (χ0v) is 20.1. The fourth-order valence-electron chi connectivity index (χ4n) is 4.20. The maximum atomic E-state index is 13.0. The third-order valence-electron chi connectivity index (χ3n) is 6.36. The van der Waals surface area contributed by atoms with Crippen molar-refractivity contribution in [3.63, 3.8) is 0 Å². The van der Waals surface area contributed by atoms with E-state index in [1.807, 2.05) is 35.9 Å². The molecular formula is C24H36N6O2. The number of benzene rings is 1. The Morgan fingerprint density at radius 3 is 2.69 bits per heavy atom. The summed E-state index contributed by atoms with van der Waals surface area (Å²) >= 11 is 0. The molecule has 0 saturated carbocycles. The van der Waals surface area contributed by atoms with Crippen LogP contribution in [0.15, 0.2) is 29.1 Å². The van der Waals surface area contributed by atoms with Crippen LogP contribution < -0.4 is 5.56 Å². The molecule has 0 saturated heterocycles. The molecule has 1 aromatic carbocycles. The van der Waals surface area contributed by atoms with Gasteiger partial charge in [-0.3, -0.25) is 9.69 Å². The summed E-state index contributed by atoms with van der Waals surface area (Å²) < 4.78 is 1.91. The Kier molecular flexibility index (Phi) is 7.46. The van der Waals surface area contributed by atoms with Gasteiger partial charge in [-0.1, -0.05) is 39.0 Å². The van der Waals surface area contributed by atoms with Crippen molar-refractivity contribution < 1.29 is 5.11 Å². The van der Waals surface area contributed by atoms with Gasteiger partial charge in [-0.2, -0.15) is 0 Å². The summed E-state index contributed by atoms with van der Waals surface area (Å²) in [5.74, 6) is 0.991. The van der Waals surface area contributed by atoms with Crippen LogP contribution in [-0.2, 0) is 12.1 Å². The van der Waals surface area contributed by atoms with Crippen LogP contribution in [-0.4, -0.2) is 48.3 Å². The summed E-state index contributed by atoms with van der Waals surface area (Å²) in [6.07, 6.45) is 1.49. The number of aromatic nitrogens is 5. The summed E-state index contributed by atoms with van der Waals surface area (Å²) in [7, 11) is 0. The lowest BCUT2D eigenvalue weighted by molar-refractivity contribution is 0.115. The maximum absolute atomic E-state index is 13.0. The van der Waals surface area contributed by atoms with Crippen LogP contribution in [0.5, 0.6) is 0 Å². The highest BCUT2D eigenvalue weighted by Crippen LogP contribution is 2.32. The van der Waals surface area contributed by atoms with E-state index in [4.69, 9.17) is 0 Å². The number of hydrogen-bond acceptors (Lipinski definition) is 6. The molecule has 0 amide bonds. The number of H-pyrrole nitrogens is 1. The molecule has 0 spiro atoms. The molecule has 2 aromatic heterocycles. The van der Waals surface area contributed by atoms with Crippen LogP contribution in [0, 0.1) is 12.8 Å².